The molecule has 0 unspecified atom stereocenters. The molecule has 0 heterocycles. The van der Waals surface area contributed by atoms with Crippen LogP contribution in [0.4, 0.5) is 0 Å². The van der Waals surface area contributed by atoms with Crippen LogP contribution in [0.2, 0.25) is 10.0 Å². The lowest BCUT2D eigenvalue weighted by molar-refractivity contribution is 0.0785. The van der Waals surface area contributed by atoms with Crippen LogP contribution in [-0.2, 0) is 16.6 Å². The minimum atomic E-state index is -3.63. The molecule has 1 saturated carbocycles. The van der Waals surface area contributed by atoms with Crippen LogP contribution in [0.3, 0.4) is 0 Å². The first-order valence-electron chi connectivity index (χ1n) is 8.56. The van der Waals surface area contributed by atoms with Gasteiger partial charge in [0.25, 0.3) is 5.91 Å². The van der Waals surface area contributed by atoms with Crippen molar-refractivity contribution < 1.29 is 13.2 Å². The Bertz CT molecular complexity index is 959. The predicted molar refractivity (Wildman–Crippen MR) is 107 cm³/mol. The summed E-state index contributed by atoms with van der Waals surface area (Å²) in [6.45, 7) is 0.697. The zero-order chi connectivity index (χ0) is 19.6. The van der Waals surface area contributed by atoms with E-state index in [9.17, 15) is 13.2 Å². The molecule has 0 aliphatic heterocycles. The Morgan fingerprint density at radius 1 is 1.19 bits per heavy atom. The van der Waals surface area contributed by atoms with Gasteiger partial charge in [0.15, 0.2) is 0 Å². The molecule has 1 aliphatic rings. The van der Waals surface area contributed by atoms with Crippen molar-refractivity contribution in [3.63, 3.8) is 0 Å². The Balaban J connectivity index is 1.75. The third kappa shape index (κ3) is 5.02. The van der Waals surface area contributed by atoms with Crippen molar-refractivity contribution in [2.75, 3.05) is 13.6 Å². The topological polar surface area (TPSA) is 66.5 Å². The molecular formula is C19H20Cl2N2O3S. The maximum atomic E-state index is 12.7. The van der Waals surface area contributed by atoms with Gasteiger partial charge in [0.2, 0.25) is 10.0 Å². The summed E-state index contributed by atoms with van der Waals surface area (Å²) >= 11 is 12.2. The normalized spacial score (nSPS) is 14.2. The average molecular weight is 427 g/mol. The number of carbonyl (C=O) groups is 1. The molecule has 8 heteroatoms. The summed E-state index contributed by atoms with van der Waals surface area (Å²) < 4.78 is 27.4. The van der Waals surface area contributed by atoms with Gasteiger partial charge in [-0.05, 0) is 48.6 Å². The van der Waals surface area contributed by atoms with Crippen LogP contribution in [0.15, 0.2) is 47.4 Å². The van der Waals surface area contributed by atoms with E-state index in [-0.39, 0.29) is 17.3 Å². The number of halogens is 2. The molecule has 27 heavy (non-hydrogen) atoms. The Hall–Kier alpha value is -1.60. The number of benzene rings is 2. The third-order valence-electron chi connectivity index (χ3n) is 4.44. The van der Waals surface area contributed by atoms with Gasteiger partial charge in [0.05, 0.1) is 14.9 Å². The fraction of sp³-hybridized carbons (Fsp3) is 0.316. The molecule has 144 valence electrons. The lowest BCUT2D eigenvalue weighted by Crippen LogP contribution is -2.28. The number of nitrogens with zero attached hydrogens (tertiary/aromatic N) is 1. The minimum absolute atomic E-state index is 0.0863. The molecule has 1 amide bonds. The van der Waals surface area contributed by atoms with Crippen molar-refractivity contribution in [1.82, 2.24) is 9.62 Å². The number of hydrogen-bond acceptors (Lipinski definition) is 3. The van der Waals surface area contributed by atoms with E-state index in [0.29, 0.717) is 28.1 Å². The van der Waals surface area contributed by atoms with Gasteiger partial charge in [0, 0.05) is 25.7 Å². The molecule has 1 aliphatic carbocycles. The van der Waals surface area contributed by atoms with Crippen molar-refractivity contribution in [3.8, 4) is 0 Å². The standard InChI is InChI=1S/C19H20Cl2N2O3S/c1-23(12-15-5-3-7-17(20)18(15)21)19(24)14-4-2-6-16(10-14)27(25,26)22-11-13-8-9-13/h2-7,10,13,22H,8-9,11-12H2,1H3. The predicted octanol–water partition coefficient (Wildman–Crippen LogP) is 3.95. The number of sulfonamides is 1. The summed E-state index contributed by atoms with van der Waals surface area (Å²) in [7, 11) is -2.00. The number of amides is 1. The largest absolute Gasteiger partial charge is 0.337 e. The summed E-state index contributed by atoms with van der Waals surface area (Å²) in [4.78, 5) is 14.3. The van der Waals surface area contributed by atoms with Crippen LogP contribution in [0.25, 0.3) is 0 Å². The van der Waals surface area contributed by atoms with E-state index in [2.05, 4.69) is 4.72 Å². The fourth-order valence-electron chi connectivity index (χ4n) is 2.65. The van der Waals surface area contributed by atoms with Crippen LogP contribution < -0.4 is 4.72 Å². The van der Waals surface area contributed by atoms with Crippen LogP contribution in [-0.4, -0.2) is 32.8 Å². The van der Waals surface area contributed by atoms with Gasteiger partial charge in [-0.15, -0.1) is 0 Å². The molecule has 3 rings (SSSR count). The number of carbonyl (C=O) groups excluding carboxylic acids is 1. The van der Waals surface area contributed by atoms with Crippen molar-refractivity contribution in [2.45, 2.75) is 24.3 Å². The molecule has 1 fully saturated rings. The van der Waals surface area contributed by atoms with Gasteiger partial charge in [-0.3, -0.25) is 4.79 Å². The van der Waals surface area contributed by atoms with E-state index in [1.54, 1.807) is 37.4 Å². The fourth-order valence-corrected chi connectivity index (χ4v) is 4.19. The molecule has 0 aromatic heterocycles. The summed E-state index contributed by atoms with van der Waals surface area (Å²) in [6.07, 6.45) is 2.11. The monoisotopic (exact) mass is 426 g/mol. The highest BCUT2D eigenvalue weighted by Crippen LogP contribution is 2.28. The van der Waals surface area contributed by atoms with Crippen LogP contribution in [0, 0.1) is 5.92 Å². The average Bonchev–Trinajstić information content (AvgIpc) is 3.48. The van der Waals surface area contributed by atoms with Crippen molar-refractivity contribution in [3.05, 3.63) is 63.6 Å². The van der Waals surface area contributed by atoms with Gasteiger partial charge in [0.1, 0.15) is 0 Å². The lowest BCUT2D eigenvalue weighted by atomic mass is 10.1. The highest BCUT2D eigenvalue weighted by molar-refractivity contribution is 7.89. The second kappa shape index (κ2) is 8.19. The number of hydrogen-bond donors (Lipinski definition) is 1. The molecule has 5 nitrogen and oxygen atoms in total. The van der Waals surface area contributed by atoms with E-state index >= 15 is 0 Å². The third-order valence-corrected chi connectivity index (χ3v) is 6.72. The van der Waals surface area contributed by atoms with Gasteiger partial charge in [-0.1, -0.05) is 41.4 Å². The smallest absolute Gasteiger partial charge is 0.253 e. The molecule has 0 bridgehead atoms. The van der Waals surface area contributed by atoms with Crippen LogP contribution in [0.1, 0.15) is 28.8 Å². The molecule has 0 atom stereocenters. The van der Waals surface area contributed by atoms with E-state index in [0.717, 1.165) is 18.4 Å². The summed E-state index contributed by atoms with van der Waals surface area (Å²) in [5.74, 6) is 0.128. The first-order chi connectivity index (χ1) is 12.8. The molecule has 0 saturated heterocycles. The number of nitrogens with one attached hydrogen (secondary N) is 1. The zero-order valence-corrected chi connectivity index (χ0v) is 17.1. The zero-order valence-electron chi connectivity index (χ0n) is 14.8. The van der Waals surface area contributed by atoms with Crippen molar-refractivity contribution in [1.29, 1.82) is 0 Å². The molecule has 1 N–H and O–H groups in total. The van der Waals surface area contributed by atoms with Crippen LogP contribution >= 0.6 is 23.2 Å². The van der Waals surface area contributed by atoms with Gasteiger partial charge < -0.3 is 4.90 Å². The first kappa shape index (κ1) is 20.1. The van der Waals surface area contributed by atoms with E-state index < -0.39 is 10.0 Å². The second-order valence-corrected chi connectivity index (χ2v) is 9.25. The summed E-state index contributed by atoms with van der Waals surface area (Å²) in [5, 5.41) is 0.823. The Labute approximate surface area is 169 Å². The Morgan fingerprint density at radius 3 is 2.59 bits per heavy atom. The molecule has 0 radical (unpaired) electrons. The van der Waals surface area contributed by atoms with E-state index in [1.807, 2.05) is 0 Å². The number of rotatable bonds is 7. The highest BCUT2D eigenvalue weighted by atomic mass is 35.5. The second-order valence-electron chi connectivity index (χ2n) is 6.70. The quantitative estimate of drug-likeness (QED) is 0.728. The summed E-state index contributed by atoms with van der Waals surface area (Å²) in [5.41, 5.74) is 1.01. The minimum Gasteiger partial charge on any atom is -0.337 e. The van der Waals surface area contributed by atoms with Crippen LogP contribution in [0.5, 0.6) is 0 Å². The van der Waals surface area contributed by atoms with Crippen molar-refractivity contribution in [2.24, 2.45) is 5.92 Å². The Morgan fingerprint density at radius 2 is 1.89 bits per heavy atom. The summed E-state index contributed by atoms with van der Waals surface area (Å²) in [6, 6.07) is 11.3. The van der Waals surface area contributed by atoms with Gasteiger partial charge in [-0.25, -0.2) is 13.1 Å². The van der Waals surface area contributed by atoms with E-state index in [1.165, 1.54) is 17.0 Å². The molecule has 0 spiro atoms. The van der Waals surface area contributed by atoms with Gasteiger partial charge in [-0.2, -0.15) is 0 Å². The first-order valence-corrected chi connectivity index (χ1v) is 10.8. The highest BCUT2D eigenvalue weighted by Gasteiger charge is 2.25. The van der Waals surface area contributed by atoms with Gasteiger partial charge >= 0.3 is 0 Å². The van der Waals surface area contributed by atoms with E-state index in [4.69, 9.17) is 23.2 Å². The molecular weight excluding hydrogens is 407 g/mol. The van der Waals surface area contributed by atoms with Crippen molar-refractivity contribution >= 4 is 39.1 Å². The Kier molecular flexibility index (Phi) is 6.11. The SMILES string of the molecule is CN(Cc1cccc(Cl)c1Cl)C(=O)c1cccc(S(=O)(=O)NCC2CC2)c1. The maximum Gasteiger partial charge on any atom is 0.253 e. The lowest BCUT2D eigenvalue weighted by Gasteiger charge is -2.19. The molecule has 2 aromatic carbocycles. The molecule has 2 aromatic rings. The maximum absolute atomic E-state index is 12.7.